The highest BCUT2D eigenvalue weighted by Gasteiger charge is 2.22. The quantitative estimate of drug-likeness (QED) is 0.746. The van der Waals surface area contributed by atoms with Gasteiger partial charge in [-0.25, -0.2) is 22.3 Å². The number of hydrogen-bond donors (Lipinski definition) is 1. The molecule has 8 heteroatoms. The molecule has 0 unspecified atom stereocenters. The first kappa shape index (κ1) is 18.2. The van der Waals surface area contributed by atoms with Gasteiger partial charge in [0.2, 0.25) is 10.0 Å². The highest BCUT2D eigenvalue weighted by molar-refractivity contribution is 7.89. The van der Waals surface area contributed by atoms with Gasteiger partial charge in [0.25, 0.3) is 0 Å². The highest BCUT2D eigenvalue weighted by Crippen LogP contribution is 2.36. The third kappa shape index (κ3) is 3.25. The van der Waals surface area contributed by atoms with Gasteiger partial charge in [-0.15, -0.1) is 0 Å². The minimum Gasteiger partial charge on any atom is -0.357 e. The van der Waals surface area contributed by atoms with E-state index in [0.29, 0.717) is 11.3 Å². The van der Waals surface area contributed by atoms with E-state index >= 15 is 0 Å². The van der Waals surface area contributed by atoms with E-state index in [-0.39, 0.29) is 16.9 Å². The number of sulfonamides is 1. The Hall–Kier alpha value is -2.58. The van der Waals surface area contributed by atoms with Crippen molar-refractivity contribution in [2.75, 3.05) is 0 Å². The number of halogens is 2. The lowest BCUT2D eigenvalue weighted by molar-refractivity contribution is 0.332. The van der Waals surface area contributed by atoms with Gasteiger partial charge in [-0.3, -0.25) is 0 Å². The van der Waals surface area contributed by atoms with Crippen molar-refractivity contribution in [1.82, 2.24) is 5.16 Å². The highest BCUT2D eigenvalue weighted by atomic mass is 32.2. The molecule has 26 heavy (non-hydrogen) atoms. The van der Waals surface area contributed by atoms with Crippen LogP contribution < -0.4 is 5.14 Å². The molecule has 136 valence electrons. The molecule has 3 aromatic rings. The summed E-state index contributed by atoms with van der Waals surface area (Å²) in [6.07, 6.45) is 0. The van der Waals surface area contributed by atoms with Crippen molar-refractivity contribution in [3.8, 4) is 22.4 Å². The van der Waals surface area contributed by atoms with Crippen LogP contribution in [0.3, 0.4) is 0 Å². The van der Waals surface area contributed by atoms with Crippen molar-refractivity contribution in [3.63, 3.8) is 0 Å². The lowest BCUT2D eigenvalue weighted by Crippen LogP contribution is -2.14. The Labute approximate surface area is 149 Å². The van der Waals surface area contributed by atoms with E-state index in [4.69, 9.17) is 9.66 Å². The summed E-state index contributed by atoms with van der Waals surface area (Å²) in [5, 5.41) is 8.90. The summed E-state index contributed by atoms with van der Waals surface area (Å²) in [5.41, 5.74) is 3.64. The molecule has 0 aliphatic carbocycles. The summed E-state index contributed by atoms with van der Waals surface area (Å²) in [7, 11) is -4.20. The summed E-state index contributed by atoms with van der Waals surface area (Å²) in [6, 6.07) is 8.94. The molecule has 0 atom stereocenters. The van der Waals surface area contributed by atoms with Crippen LogP contribution in [-0.4, -0.2) is 13.6 Å². The van der Waals surface area contributed by atoms with Gasteiger partial charge in [-0.1, -0.05) is 23.4 Å². The number of aryl methyl sites for hydroxylation is 2. The molecule has 0 fully saturated rings. The third-order valence-corrected chi connectivity index (χ3v) is 5.14. The number of nitrogens with zero attached hydrogens (tertiary/aromatic N) is 1. The maximum absolute atomic E-state index is 14.2. The first-order chi connectivity index (χ1) is 12.2. The molecule has 5 nitrogen and oxygen atoms in total. The van der Waals surface area contributed by atoms with Gasteiger partial charge in [0, 0.05) is 5.56 Å². The largest absolute Gasteiger partial charge is 0.357 e. The number of aromatic nitrogens is 1. The molecule has 0 aliphatic rings. The van der Waals surface area contributed by atoms with Gasteiger partial charge >= 0.3 is 0 Å². The molecule has 2 aromatic carbocycles. The number of alkyl halides is 1. The molecular formula is C18H16F2N2O3S. The zero-order valence-corrected chi connectivity index (χ0v) is 14.9. The number of primary sulfonamides is 1. The molecule has 2 N–H and O–H groups in total. The first-order valence-corrected chi connectivity index (χ1v) is 9.22. The Kier molecular flexibility index (Phi) is 4.64. The molecule has 0 amide bonds. The van der Waals surface area contributed by atoms with Gasteiger partial charge in [-0.2, -0.15) is 0 Å². The average Bonchev–Trinajstić information content (AvgIpc) is 3.00. The van der Waals surface area contributed by atoms with Crippen LogP contribution in [-0.2, 0) is 16.7 Å². The Balaban J connectivity index is 2.20. The maximum atomic E-state index is 14.2. The van der Waals surface area contributed by atoms with Crippen LogP contribution in [0.4, 0.5) is 8.78 Å². The lowest BCUT2D eigenvalue weighted by atomic mass is 9.97. The monoisotopic (exact) mass is 378 g/mol. The normalized spacial score (nSPS) is 11.7. The second kappa shape index (κ2) is 6.62. The Morgan fingerprint density at radius 1 is 1.08 bits per heavy atom. The topological polar surface area (TPSA) is 86.2 Å². The molecule has 0 saturated heterocycles. The van der Waals surface area contributed by atoms with E-state index in [2.05, 4.69) is 5.16 Å². The Morgan fingerprint density at radius 3 is 2.35 bits per heavy atom. The van der Waals surface area contributed by atoms with Crippen molar-refractivity contribution in [3.05, 3.63) is 59.1 Å². The van der Waals surface area contributed by atoms with Gasteiger partial charge in [0.05, 0.1) is 5.56 Å². The summed E-state index contributed by atoms with van der Waals surface area (Å²) in [4.78, 5) is -0.632. The molecule has 0 saturated carbocycles. The SMILES string of the molecule is Cc1ccc(-c2noc(CF)c2-c2ccc(S(N)(=O)=O)c(F)c2)cc1C. The van der Waals surface area contributed by atoms with Gasteiger partial charge < -0.3 is 4.52 Å². The fourth-order valence-electron chi connectivity index (χ4n) is 2.69. The minimum absolute atomic E-state index is 0.0685. The van der Waals surface area contributed by atoms with Crippen molar-refractivity contribution in [1.29, 1.82) is 0 Å². The van der Waals surface area contributed by atoms with E-state index in [1.165, 1.54) is 6.07 Å². The second-order valence-electron chi connectivity index (χ2n) is 5.95. The van der Waals surface area contributed by atoms with E-state index in [1.54, 1.807) is 6.07 Å². The number of benzene rings is 2. The van der Waals surface area contributed by atoms with Crippen molar-refractivity contribution in [2.45, 2.75) is 25.4 Å². The number of nitrogens with two attached hydrogens (primary N) is 1. The molecule has 1 heterocycles. The smallest absolute Gasteiger partial charge is 0.240 e. The van der Waals surface area contributed by atoms with E-state index in [9.17, 15) is 17.2 Å². The summed E-state index contributed by atoms with van der Waals surface area (Å²) < 4.78 is 55.4. The zero-order chi connectivity index (χ0) is 19.1. The third-order valence-electron chi connectivity index (χ3n) is 4.19. The summed E-state index contributed by atoms with van der Waals surface area (Å²) >= 11 is 0. The van der Waals surface area contributed by atoms with Crippen LogP contribution in [0.1, 0.15) is 16.9 Å². The van der Waals surface area contributed by atoms with Crippen LogP contribution >= 0.6 is 0 Å². The minimum atomic E-state index is -4.20. The molecule has 0 aliphatic heterocycles. The van der Waals surface area contributed by atoms with E-state index < -0.39 is 27.4 Å². The maximum Gasteiger partial charge on any atom is 0.240 e. The average molecular weight is 378 g/mol. The van der Waals surface area contributed by atoms with Crippen LogP contribution in [0.5, 0.6) is 0 Å². The van der Waals surface area contributed by atoms with Gasteiger partial charge in [0.1, 0.15) is 16.4 Å². The van der Waals surface area contributed by atoms with Crippen LogP contribution in [0, 0.1) is 19.7 Å². The molecule has 1 aromatic heterocycles. The fraction of sp³-hybridized carbons (Fsp3) is 0.167. The summed E-state index contributed by atoms with van der Waals surface area (Å²) in [5.74, 6) is -1.09. The van der Waals surface area contributed by atoms with Crippen molar-refractivity contribution in [2.24, 2.45) is 5.14 Å². The van der Waals surface area contributed by atoms with E-state index in [0.717, 1.165) is 23.3 Å². The predicted molar refractivity (Wildman–Crippen MR) is 93.0 cm³/mol. The zero-order valence-electron chi connectivity index (χ0n) is 14.1. The number of rotatable bonds is 4. The molecule has 0 spiro atoms. The first-order valence-electron chi connectivity index (χ1n) is 7.67. The molecule has 3 rings (SSSR count). The standard InChI is InChI=1S/C18H16F2N2O3S/c1-10-3-4-13(7-11(10)2)18-17(15(9-19)25-22-18)12-5-6-16(14(20)8-12)26(21,23)24/h3-8H,9H2,1-2H3,(H2,21,23,24). The molecule has 0 bridgehead atoms. The number of hydrogen-bond acceptors (Lipinski definition) is 4. The van der Waals surface area contributed by atoms with Crippen molar-refractivity contribution >= 4 is 10.0 Å². The Morgan fingerprint density at radius 2 is 1.77 bits per heavy atom. The fourth-order valence-corrected chi connectivity index (χ4v) is 3.27. The van der Waals surface area contributed by atoms with Gasteiger partial charge in [-0.05, 0) is 48.7 Å². The van der Waals surface area contributed by atoms with Crippen LogP contribution in [0.15, 0.2) is 45.8 Å². The van der Waals surface area contributed by atoms with E-state index in [1.807, 2.05) is 26.0 Å². The van der Waals surface area contributed by atoms with Crippen molar-refractivity contribution < 1.29 is 21.7 Å². The van der Waals surface area contributed by atoms with Crippen LogP contribution in [0.25, 0.3) is 22.4 Å². The predicted octanol–water partition coefficient (Wildman–Crippen LogP) is 3.88. The van der Waals surface area contributed by atoms with Gasteiger partial charge in [0.15, 0.2) is 12.4 Å². The van der Waals surface area contributed by atoms with Crippen LogP contribution in [0.2, 0.25) is 0 Å². The summed E-state index contributed by atoms with van der Waals surface area (Å²) in [6.45, 7) is 2.94. The molecule has 0 radical (unpaired) electrons. The Bertz CT molecular complexity index is 1090. The second-order valence-corrected chi connectivity index (χ2v) is 7.48. The lowest BCUT2D eigenvalue weighted by Gasteiger charge is -2.08. The molecular weight excluding hydrogens is 362 g/mol.